The predicted molar refractivity (Wildman–Crippen MR) is 107 cm³/mol. The highest BCUT2D eigenvalue weighted by Crippen LogP contribution is 2.34. The summed E-state index contributed by atoms with van der Waals surface area (Å²) in [6.07, 6.45) is 4.26. The van der Waals surface area contributed by atoms with E-state index in [0.717, 1.165) is 36.7 Å². The van der Waals surface area contributed by atoms with Gasteiger partial charge in [0.15, 0.2) is 5.96 Å². The zero-order valence-electron chi connectivity index (χ0n) is 14.7. The molecule has 2 N–H and O–H groups in total. The molecule has 0 radical (unpaired) electrons. The van der Waals surface area contributed by atoms with Gasteiger partial charge in [-0.05, 0) is 56.4 Å². The van der Waals surface area contributed by atoms with Gasteiger partial charge in [0.25, 0.3) is 0 Å². The van der Waals surface area contributed by atoms with Crippen LogP contribution in [0.1, 0.15) is 37.3 Å². The van der Waals surface area contributed by atoms with Crippen molar-refractivity contribution in [1.29, 1.82) is 0 Å². The number of aliphatic imine (C=N–C) groups is 1. The Kier molecular flexibility index (Phi) is 7.16. The van der Waals surface area contributed by atoms with Gasteiger partial charge in [-0.15, -0.1) is 24.0 Å². The van der Waals surface area contributed by atoms with Gasteiger partial charge in [0.2, 0.25) is 0 Å². The SMILES string of the molecule is CCNC(=NCc1cc(C)cc(OC)c1)NC1CC2CCC1O2.I. The van der Waals surface area contributed by atoms with Crippen LogP contribution < -0.4 is 15.4 Å². The van der Waals surface area contributed by atoms with Crippen LogP contribution >= 0.6 is 24.0 Å². The number of rotatable bonds is 5. The number of nitrogens with one attached hydrogen (secondary N) is 2. The highest BCUT2D eigenvalue weighted by molar-refractivity contribution is 14.0. The Labute approximate surface area is 161 Å². The first-order valence-corrected chi connectivity index (χ1v) is 8.52. The van der Waals surface area contributed by atoms with Crippen molar-refractivity contribution in [2.75, 3.05) is 13.7 Å². The van der Waals surface area contributed by atoms with Crippen LogP contribution in [0, 0.1) is 6.92 Å². The average Bonchev–Trinajstić information content (AvgIpc) is 3.15. The summed E-state index contributed by atoms with van der Waals surface area (Å²) in [6, 6.07) is 6.61. The summed E-state index contributed by atoms with van der Waals surface area (Å²) in [5.74, 6) is 1.75. The Bertz CT molecular complexity index is 579. The fourth-order valence-corrected chi connectivity index (χ4v) is 3.49. The maximum Gasteiger partial charge on any atom is 0.191 e. The normalized spacial score (nSPS) is 25.3. The van der Waals surface area contributed by atoms with E-state index in [9.17, 15) is 0 Å². The fourth-order valence-electron chi connectivity index (χ4n) is 3.49. The van der Waals surface area contributed by atoms with Crippen LogP contribution in [0.2, 0.25) is 0 Å². The lowest BCUT2D eigenvalue weighted by Crippen LogP contribution is -2.47. The first-order valence-electron chi connectivity index (χ1n) is 8.52. The molecule has 6 heteroatoms. The van der Waals surface area contributed by atoms with Crippen molar-refractivity contribution in [2.24, 2.45) is 4.99 Å². The Morgan fingerprint density at radius 3 is 2.79 bits per heavy atom. The van der Waals surface area contributed by atoms with Crippen molar-refractivity contribution in [1.82, 2.24) is 10.6 Å². The maximum atomic E-state index is 5.91. The van der Waals surface area contributed by atoms with Crippen LogP contribution in [-0.2, 0) is 11.3 Å². The zero-order valence-corrected chi connectivity index (χ0v) is 17.0. The van der Waals surface area contributed by atoms with Gasteiger partial charge < -0.3 is 20.1 Å². The van der Waals surface area contributed by atoms with Gasteiger partial charge in [-0.1, -0.05) is 6.07 Å². The molecule has 3 unspecified atom stereocenters. The molecule has 0 aromatic heterocycles. The molecule has 2 saturated heterocycles. The van der Waals surface area contributed by atoms with Crippen LogP contribution in [0.4, 0.5) is 0 Å². The van der Waals surface area contributed by atoms with Gasteiger partial charge in [-0.2, -0.15) is 0 Å². The number of hydrogen-bond donors (Lipinski definition) is 2. The fraction of sp³-hybridized carbons (Fsp3) is 0.611. The second-order valence-corrected chi connectivity index (χ2v) is 6.41. The van der Waals surface area contributed by atoms with E-state index < -0.39 is 0 Å². The van der Waals surface area contributed by atoms with E-state index in [1.165, 1.54) is 12.0 Å². The quantitative estimate of drug-likeness (QED) is 0.416. The minimum absolute atomic E-state index is 0. The highest BCUT2D eigenvalue weighted by Gasteiger charge is 2.41. The van der Waals surface area contributed by atoms with Crippen molar-refractivity contribution in [2.45, 2.75) is 57.9 Å². The van der Waals surface area contributed by atoms with Crippen molar-refractivity contribution >= 4 is 29.9 Å². The van der Waals surface area contributed by atoms with Crippen LogP contribution in [0.25, 0.3) is 0 Å². The highest BCUT2D eigenvalue weighted by atomic mass is 127. The summed E-state index contributed by atoms with van der Waals surface area (Å²) < 4.78 is 11.2. The molecule has 0 aliphatic carbocycles. The van der Waals surface area contributed by atoms with Crippen LogP contribution in [0.15, 0.2) is 23.2 Å². The molecule has 1 aromatic rings. The monoisotopic (exact) mass is 445 g/mol. The summed E-state index contributed by atoms with van der Waals surface area (Å²) in [5, 5.41) is 6.88. The van der Waals surface area contributed by atoms with Crippen LogP contribution in [-0.4, -0.2) is 37.9 Å². The number of methoxy groups -OCH3 is 1. The van der Waals surface area contributed by atoms with E-state index >= 15 is 0 Å². The average molecular weight is 445 g/mol. The summed E-state index contributed by atoms with van der Waals surface area (Å²) in [5.41, 5.74) is 2.34. The Balaban J connectivity index is 0.00000208. The zero-order chi connectivity index (χ0) is 16.2. The van der Waals surface area contributed by atoms with Crippen molar-refractivity contribution in [3.05, 3.63) is 29.3 Å². The summed E-state index contributed by atoms with van der Waals surface area (Å²) in [7, 11) is 1.70. The topological polar surface area (TPSA) is 54.9 Å². The molecule has 2 aliphatic heterocycles. The third-order valence-corrected chi connectivity index (χ3v) is 4.54. The Morgan fingerprint density at radius 1 is 1.33 bits per heavy atom. The van der Waals surface area contributed by atoms with E-state index in [4.69, 9.17) is 14.5 Å². The molecule has 134 valence electrons. The molecule has 0 spiro atoms. The summed E-state index contributed by atoms with van der Waals surface area (Å²) in [4.78, 5) is 4.73. The van der Waals surface area contributed by atoms with Gasteiger partial charge in [-0.3, -0.25) is 0 Å². The van der Waals surface area contributed by atoms with Crippen molar-refractivity contribution in [3.8, 4) is 5.75 Å². The maximum absolute atomic E-state index is 5.91. The third kappa shape index (κ3) is 4.75. The number of fused-ring (bicyclic) bond motifs is 2. The molecule has 2 heterocycles. The number of halogens is 1. The van der Waals surface area contributed by atoms with Gasteiger partial charge >= 0.3 is 0 Å². The number of ether oxygens (including phenoxy) is 2. The van der Waals surface area contributed by atoms with Gasteiger partial charge in [0, 0.05) is 6.54 Å². The first kappa shape index (κ1) is 19.3. The largest absolute Gasteiger partial charge is 0.497 e. The van der Waals surface area contributed by atoms with E-state index in [1.54, 1.807) is 7.11 Å². The van der Waals surface area contributed by atoms with Gasteiger partial charge in [-0.25, -0.2) is 4.99 Å². The van der Waals surface area contributed by atoms with Gasteiger partial charge in [0.1, 0.15) is 5.75 Å². The van der Waals surface area contributed by atoms with E-state index in [2.05, 4.69) is 30.5 Å². The number of hydrogen-bond acceptors (Lipinski definition) is 3. The molecule has 1 aromatic carbocycles. The molecule has 0 saturated carbocycles. The molecule has 2 aliphatic rings. The lowest BCUT2D eigenvalue weighted by Gasteiger charge is -2.22. The molecule has 2 bridgehead atoms. The number of guanidine groups is 1. The second-order valence-electron chi connectivity index (χ2n) is 6.41. The summed E-state index contributed by atoms with van der Waals surface area (Å²) >= 11 is 0. The summed E-state index contributed by atoms with van der Waals surface area (Å²) in [6.45, 7) is 5.65. The second kappa shape index (κ2) is 8.89. The number of aryl methyl sites for hydroxylation is 1. The smallest absolute Gasteiger partial charge is 0.191 e. The van der Waals surface area contributed by atoms with Crippen LogP contribution in [0.3, 0.4) is 0 Å². The number of nitrogens with zero attached hydrogens (tertiary/aromatic N) is 1. The Hall–Kier alpha value is -1.02. The molecule has 0 amide bonds. The Morgan fingerprint density at radius 2 is 2.17 bits per heavy atom. The van der Waals surface area contributed by atoms with E-state index in [-0.39, 0.29) is 24.0 Å². The van der Waals surface area contributed by atoms with E-state index in [0.29, 0.717) is 24.8 Å². The molecular formula is C18H28IN3O2. The molecule has 3 rings (SSSR count). The molecule has 24 heavy (non-hydrogen) atoms. The van der Waals surface area contributed by atoms with E-state index in [1.807, 2.05) is 12.1 Å². The lowest BCUT2D eigenvalue weighted by molar-refractivity contribution is 0.0992. The van der Waals surface area contributed by atoms with Gasteiger partial charge in [0.05, 0.1) is 31.9 Å². The standard InChI is InChI=1S/C18H27N3O2.HI/c1-4-19-18(21-16-10-14-5-6-17(16)23-14)20-11-13-7-12(2)8-15(9-13)22-3;/h7-9,14,16-17H,4-6,10-11H2,1-3H3,(H2,19,20,21);1H. The van der Waals surface area contributed by atoms with Crippen molar-refractivity contribution < 1.29 is 9.47 Å². The molecule has 3 atom stereocenters. The lowest BCUT2D eigenvalue weighted by atomic mass is 9.96. The first-order chi connectivity index (χ1) is 11.2. The minimum atomic E-state index is 0. The number of benzene rings is 1. The minimum Gasteiger partial charge on any atom is -0.497 e. The van der Waals surface area contributed by atoms with Crippen molar-refractivity contribution in [3.63, 3.8) is 0 Å². The molecular weight excluding hydrogens is 417 g/mol. The molecule has 2 fully saturated rings. The molecule has 5 nitrogen and oxygen atoms in total. The van der Waals surface area contributed by atoms with Crippen LogP contribution in [0.5, 0.6) is 5.75 Å². The predicted octanol–water partition coefficient (Wildman–Crippen LogP) is 3.00. The third-order valence-electron chi connectivity index (χ3n) is 4.54.